The third kappa shape index (κ3) is 2.34. The van der Waals surface area contributed by atoms with Gasteiger partial charge in [-0.05, 0) is 24.3 Å². The van der Waals surface area contributed by atoms with E-state index in [9.17, 15) is 0 Å². The fraction of sp³-hybridized carbons (Fsp3) is 0.0556. The van der Waals surface area contributed by atoms with Crippen molar-refractivity contribution in [3.05, 3.63) is 72.6 Å². The highest BCUT2D eigenvalue weighted by Crippen LogP contribution is 2.21. The summed E-state index contributed by atoms with van der Waals surface area (Å²) in [7, 11) is 0. The first-order chi connectivity index (χ1) is 10.4. The average Bonchev–Trinajstić information content (AvgIpc) is 2.95. The molecule has 102 valence electrons. The number of rotatable bonds is 3. The fourth-order valence-corrected chi connectivity index (χ4v) is 2.48. The molecule has 0 bridgehead atoms. The van der Waals surface area contributed by atoms with Crippen LogP contribution in [0, 0.1) is 0 Å². The van der Waals surface area contributed by atoms with Crippen LogP contribution in [0.2, 0.25) is 0 Å². The Labute approximate surface area is 122 Å². The third-order valence-corrected chi connectivity index (χ3v) is 3.53. The maximum absolute atomic E-state index is 5.79. The molecular formula is C18H14N2O. The third-order valence-electron chi connectivity index (χ3n) is 3.53. The predicted octanol–water partition coefficient (Wildman–Crippen LogP) is 4.59. The highest BCUT2D eigenvalue weighted by Gasteiger charge is 2.03. The lowest BCUT2D eigenvalue weighted by molar-refractivity contribution is 0.559. The number of hydrogen-bond acceptors (Lipinski definition) is 3. The summed E-state index contributed by atoms with van der Waals surface area (Å²) in [5.74, 6) is 0.921. The summed E-state index contributed by atoms with van der Waals surface area (Å²) in [6.07, 6.45) is 1.85. The number of nitrogens with one attached hydrogen (secondary N) is 1. The lowest BCUT2D eigenvalue weighted by Gasteiger charge is -2.05. The number of benzene rings is 2. The van der Waals surface area contributed by atoms with Gasteiger partial charge >= 0.3 is 0 Å². The first kappa shape index (κ1) is 12.0. The van der Waals surface area contributed by atoms with E-state index in [1.165, 1.54) is 0 Å². The normalized spacial score (nSPS) is 11.0. The van der Waals surface area contributed by atoms with Gasteiger partial charge in [-0.1, -0.05) is 36.4 Å². The molecule has 0 atom stereocenters. The Morgan fingerprint density at radius 3 is 2.62 bits per heavy atom. The van der Waals surface area contributed by atoms with Gasteiger partial charge in [0.2, 0.25) is 0 Å². The van der Waals surface area contributed by atoms with Crippen LogP contribution in [0.5, 0.6) is 0 Å². The summed E-state index contributed by atoms with van der Waals surface area (Å²) in [6, 6.07) is 20.3. The number of pyridine rings is 1. The number of hydrogen-bond donors (Lipinski definition) is 1. The predicted molar refractivity (Wildman–Crippen MR) is 85.3 cm³/mol. The molecule has 0 aliphatic carbocycles. The second kappa shape index (κ2) is 4.94. The summed E-state index contributed by atoms with van der Waals surface area (Å²) in [6.45, 7) is 0.648. The van der Waals surface area contributed by atoms with Gasteiger partial charge in [-0.3, -0.25) is 4.98 Å². The standard InChI is InChI=1S/C18H14N2O/c1-3-7-17-13(5-1)9-15(11-20-17)19-12-16-10-14-6-2-4-8-18(14)21-16/h1-11,19H,12H2. The Morgan fingerprint density at radius 2 is 1.71 bits per heavy atom. The van der Waals surface area contributed by atoms with Crippen molar-refractivity contribution < 1.29 is 4.42 Å². The van der Waals surface area contributed by atoms with E-state index in [-0.39, 0.29) is 0 Å². The maximum atomic E-state index is 5.79. The molecule has 0 spiro atoms. The minimum absolute atomic E-state index is 0.648. The Morgan fingerprint density at radius 1 is 0.905 bits per heavy atom. The summed E-state index contributed by atoms with van der Waals surface area (Å²) in [5.41, 5.74) is 2.92. The number of para-hydroxylation sites is 2. The van der Waals surface area contributed by atoms with Gasteiger partial charge in [0.25, 0.3) is 0 Å². The van der Waals surface area contributed by atoms with Gasteiger partial charge in [0, 0.05) is 10.8 Å². The number of nitrogens with zero attached hydrogens (tertiary/aromatic N) is 1. The number of aromatic nitrogens is 1. The lowest BCUT2D eigenvalue weighted by atomic mass is 10.2. The molecule has 0 aliphatic rings. The van der Waals surface area contributed by atoms with Crippen LogP contribution < -0.4 is 5.32 Å². The molecule has 2 aromatic carbocycles. The second-order valence-electron chi connectivity index (χ2n) is 5.02. The Bertz CT molecular complexity index is 878. The van der Waals surface area contributed by atoms with Crippen LogP contribution in [0.1, 0.15) is 5.76 Å². The molecule has 3 heteroatoms. The van der Waals surface area contributed by atoms with Gasteiger partial charge in [-0.25, -0.2) is 0 Å². The van der Waals surface area contributed by atoms with Crippen LogP contribution in [0.25, 0.3) is 21.9 Å². The molecule has 1 N–H and O–H groups in total. The van der Waals surface area contributed by atoms with E-state index in [1.54, 1.807) is 0 Å². The summed E-state index contributed by atoms with van der Waals surface area (Å²) < 4.78 is 5.79. The van der Waals surface area contributed by atoms with E-state index < -0.39 is 0 Å². The second-order valence-corrected chi connectivity index (χ2v) is 5.02. The molecule has 3 nitrogen and oxygen atoms in total. The zero-order chi connectivity index (χ0) is 14.1. The first-order valence-electron chi connectivity index (χ1n) is 6.95. The Hall–Kier alpha value is -2.81. The molecule has 0 aliphatic heterocycles. The molecule has 0 amide bonds. The SMILES string of the molecule is c1ccc2ncc(NCc3cc4ccccc4o3)cc2c1. The number of furan rings is 1. The van der Waals surface area contributed by atoms with Crippen molar-refractivity contribution in [1.82, 2.24) is 4.98 Å². The highest BCUT2D eigenvalue weighted by atomic mass is 16.3. The van der Waals surface area contributed by atoms with Crippen LogP contribution in [0.4, 0.5) is 5.69 Å². The molecule has 21 heavy (non-hydrogen) atoms. The van der Waals surface area contributed by atoms with Gasteiger partial charge in [-0.2, -0.15) is 0 Å². The monoisotopic (exact) mass is 274 g/mol. The molecule has 0 unspecified atom stereocenters. The molecule has 0 saturated heterocycles. The molecule has 4 aromatic rings. The lowest BCUT2D eigenvalue weighted by Crippen LogP contribution is -1.98. The minimum atomic E-state index is 0.648. The van der Waals surface area contributed by atoms with E-state index in [0.29, 0.717) is 6.54 Å². The van der Waals surface area contributed by atoms with E-state index in [2.05, 4.69) is 34.6 Å². The van der Waals surface area contributed by atoms with Gasteiger partial charge in [-0.15, -0.1) is 0 Å². The topological polar surface area (TPSA) is 38.1 Å². The maximum Gasteiger partial charge on any atom is 0.134 e. The van der Waals surface area contributed by atoms with Gasteiger partial charge in [0.1, 0.15) is 11.3 Å². The van der Waals surface area contributed by atoms with E-state index in [4.69, 9.17) is 4.42 Å². The van der Waals surface area contributed by atoms with Crippen molar-refractivity contribution in [2.24, 2.45) is 0 Å². The zero-order valence-corrected chi connectivity index (χ0v) is 11.4. The van der Waals surface area contributed by atoms with Crippen molar-refractivity contribution >= 4 is 27.6 Å². The summed E-state index contributed by atoms with van der Waals surface area (Å²) in [4.78, 5) is 4.44. The number of fused-ring (bicyclic) bond motifs is 2. The first-order valence-corrected chi connectivity index (χ1v) is 6.95. The largest absolute Gasteiger partial charge is 0.459 e. The van der Waals surface area contributed by atoms with Crippen LogP contribution in [0.3, 0.4) is 0 Å². The molecule has 0 saturated carbocycles. The van der Waals surface area contributed by atoms with E-state index in [0.717, 1.165) is 33.3 Å². The minimum Gasteiger partial charge on any atom is -0.459 e. The quantitative estimate of drug-likeness (QED) is 0.593. The van der Waals surface area contributed by atoms with Crippen molar-refractivity contribution in [2.45, 2.75) is 6.54 Å². The Balaban J connectivity index is 1.57. The summed E-state index contributed by atoms with van der Waals surface area (Å²) in [5, 5.41) is 5.62. The van der Waals surface area contributed by atoms with Crippen molar-refractivity contribution in [2.75, 3.05) is 5.32 Å². The molecule has 2 heterocycles. The molecule has 0 fully saturated rings. The van der Waals surface area contributed by atoms with E-state index >= 15 is 0 Å². The van der Waals surface area contributed by atoms with Crippen LogP contribution >= 0.6 is 0 Å². The van der Waals surface area contributed by atoms with Gasteiger partial charge < -0.3 is 9.73 Å². The van der Waals surface area contributed by atoms with Crippen LogP contribution in [-0.4, -0.2) is 4.98 Å². The smallest absolute Gasteiger partial charge is 0.134 e. The highest BCUT2D eigenvalue weighted by molar-refractivity contribution is 5.81. The van der Waals surface area contributed by atoms with Crippen molar-refractivity contribution in [1.29, 1.82) is 0 Å². The average molecular weight is 274 g/mol. The fourth-order valence-electron chi connectivity index (χ4n) is 2.48. The zero-order valence-electron chi connectivity index (χ0n) is 11.4. The number of anilines is 1. The Kier molecular flexibility index (Phi) is 2.82. The van der Waals surface area contributed by atoms with Crippen molar-refractivity contribution in [3.63, 3.8) is 0 Å². The molecule has 4 rings (SSSR count). The van der Waals surface area contributed by atoms with Crippen LogP contribution in [0.15, 0.2) is 71.3 Å². The van der Waals surface area contributed by atoms with Crippen molar-refractivity contribution in [3.8, 4) is 0 Å². The summed E-state index contributed by atoms with van der Waals surface area (Å²) >= 11 is 0. The van der Waals surface area contributed by atoms with Gasteiger partial charge in [0.15, 0.2) is 0 Å². The van der Waals surface area contributed by atoms with Crippen LogP contribution in [-0.2, 0) is 6.54 Å². The van der Waals surface area contributed by atoms with Gasteiger partial charge in [0.05, 0.1) is 23.9 Å². The van der Waals surface area contributed by atoms with E-state index in [1.807, 2.05) is 42.6 Å². The molecule has 0 radical (unpaired) electrons. The molecular weight excluding hydrogens is 260 g/mol. The molecule has 2 aromatic heterocycles.